The molecule has 0 bridgehead atoms. The molecule has 1 aromatic carbocycles. The lowest BCUT2D eigenvalue weighted by Crippen LogP contribution is -2.41. The molecule has 4 nitrogen and oxygen atoms in total. The molecule has 7 heteroatoms. The summed E-state index contributed by atoms with van der Waals surface area (Å²) in [5, 5.41) is 7.54. The standard InChI is InChI=1S/C18H28ClN3OS.HI/c1-3-20-17(21-11-8-15-4-6-16(19)7-5-15)22-14-18(24-2)9-12-23-13-10-18;/h4-7H,3,8-14H2,1-2H3,(H2,20,21,22);1H. The number of rotatable bonds is 7. The number of aliphatic imine (C=N–C) groups is 1. The third-order valence-corrected chi connectivity index (χ3v) is 5.98. The third kappa shape index (κ3) is 7.93. The number of benzene rings is 1. The minimum Gasteiger partial charge on any atom is -0.381 e. The Bertz CT molecular complexity index is 522. The molecular weight excluding hydrogens is 469 g/mol. The van der Waals surface area contributed by atoms with E-state index in [0.29, 0.717) is 0 Å². The van der Waals surface area contributed by atoms with Crippen molar-refractivity contribution < 1.29 is 4.74 Å². The quantitative estimate of drug-likeness (QED) is 0.340. The van der Waals surface area contributed by atoms with Gasteiger partial charge in [0.1, 0.15) is 0 Å². The molecule has 0 aliphatic carbocycles. The minimum atomic E-state index is 0. The SMILES string of the molecule is CCNC(=NCC1(SC)CCOCC1)NCCc1ccc(Cl)cc1.I. The molecule has 142 valence electrons. The van der Waals surface area contributed by atoms with E-state index in [1.54, 1.807) is 0 Å². The summed E-state index contributed by atoms with van der Waals surface area (Å²) < 4.78 is 5.72. The average Bonchev–Trinajstić information content (AvgIpc) is 2.62. The fourth-order valence-corrected chi connectivity index (χ4v) is 3.61. The molecule has 25 heavy (non-hydrogen) atoms. The van der Waals surface area contributed by atoms with Gasteiger partial charge < -0.3 is 15.4 Å². The second-order valence-electron chi connectivity index (χ2n) is 6.00. The zero-order valence-corrected chi connectivity index (χ0v) is 18.9. The Hall–Kier alpha value is -0.180. The first-order valence-corrected chi connectivity index (χ1v) is 10.2. The van der Waals surface area contributed by atoms with E-state index in [2.05, 4.69) is 35.9 Å². The Kier molecular flexibility index (Phi) is 11.2. The molecule has 0 spiro atoms. The molecular formula is C18H29ClIN3OS. The predicted octanol–water partition coefficient (Wildman–Crippen LogP) is 3.97. The van der Waals surface area contributed by atoms with Crippen LogP contribution < -0.4 is 10.6 Å². The van der Waals surface area contributed by atoms with Crippen LogP contribution in [0.3, 0.4) is 0 Å². The first-order valence-electron chi connectivity index (χ1n) is 8.57. The van der Waals surface area contributed by atoms with Gasteiger partial charge in [0.15, 0.2) is 5.96 Å². The van der Waals surface area contributed by atoms with Crippen molar-refractivity contribution in [1.29, 1.82) is 0 Å². The molecule has 2 N–H and O–H groups in total. The van der Waals surface area contributed by atoms with E-state index in [4.69, 9.17) is 21.3 Å². The van der Waals surface area contributed by atoms with Crippen molar-refractivity contribution in [2.45, 2.75) is 30.9 Å². The average molecular weight is 498 g/mol. The van der Waals surface area contributed by atoms with E-state index >= 15 is 0 Å². The molecule has 1 heterocycles. The number of guanidine groups is 1. The van der Waals surface area contributed by atoms with Gasteiger partial charge in [-0.1, -0.05) is 23.7 Å². The van der Waals surface area contributed by atoms with Crippen LogP contribution in [0, 0.1) is 0 Å². The summed E-state index contributed by atoms with van der Waals surface area (Å²) in [6.07, 6.45) is 5.27. The van der Waals surface area contributed by atoms with Crippen LogP contribution in [0.4, 0.5) is 0 Å². The molecule has 0 radical (unpaired) electrons. The fourth-order valence-electron chi connectivity index (χ4n) is 2.71. The van der Waals surface area contributed by atoms with Crippen LogP contribution in [-0.2, 0) is 11.2 Å². The van der Waals surface area contributed by atoms with Crippen molar-refractivity contribution in [3.05, 3.63) is 34.9 Å². The zero-order valence-electron chi connectivity index (χ0n) is 15.0. The molecule has 0 saturated carbocycles. The minimum absolute atomic E-state index is 0. The molecule has 1 aromatic rings. The molecule has 1 fully saturated rings. The van der Waals surface area contributed by atoms with Gasteiger partial charge in [-0.2, -0.15) is 11.8 Å². The molecule has 0 unspecified atom stereocenters. The van der Waals surface area contributed by atoms with Gasteiger partial charge in [0.05, 0.1) is 6.54 Å². The summed E-state index contributed by atoms with van der Waals surface area (Å²) in [4.78, 5) is 4.82. The number of hydrogen-bond acceptors (Lipinski definition) is 3. The summed E-state index contributed by atoms with van der Waals surface area (Å²) in [7, 11) is 0. The Morgan fingerprint density at radius 3 is 2.52 bits per heavy atom. The van der Waals surface area contributed by atoms with Gasteiger partial charge in [0.2, 0.25) is 0 Å². The number of ether oxygens (including phenoxy) is 1. The largest absolute Gasteiger partial charge is 0.381 e. The number of nitrogens with one attached hydrogen (secondary N) is 2. The van der Waals surface area contributed by atoms with Gasteiger partial charge in [0, 0.05) is 36.1 Å². The summed E-state index contributed by atoms with van der Waals surface area (Å²) in [6, 6.07) is 8.00. The van der Waals surface area contributed by atoms with Crippen LogP contribution in [-0.4, -0.2) is 49.8 Å². The number of halogens is 2. The van der Waals surface area contributed by atoms with Gasteiger partial charge in [-0.05, 0) is 50.1 Å². The predicted molar refractivity (Wildman–Crippen MR) is 121 cm³/mol. The van der Waals surface area contributed by atoms with Gasteiger partial charge in [-0.15, -0.1) is 24.0 Å². The monoisotopic (exact) mass is 497 g/mol. The summed E-state index contributed by atoms with van der Waals surface area (Å²) in [5.74, 6) is 0.895. The Balaban J connectivity index is 0.00000312. The van der Waals surface area contributed by atoms with E-state index in [1.165, 1.54) is 5.56 Å². The van der Waals surface area contributed by atoms with Crippen molar-refractivity contribution in [2.24, 2.45) is 4.99 Å². The van der Waals surface area contributed by atoms with E-state index in [-0.39, 0.29) is 28.7 Å². The lowest BCUT2D eigenvalue weighted by atomic mass is 9.99. The van der Waals surface area contributed by atoms with Crippen molar-refractivity contribution in [3.63, 3.8) is 0 Å². The maximum atomic E-state index is 5.92. The first-order chi connectivity index (χ1) is 11.7. The molecule has 1 aliphatic rings. The van der Waals surface area contributed by atoms with Crippen LogP contribution in [0.5, 0.6) is 0 Å². The maximum absolute atomic E-state index is 5.92. The first kappa shape index (κ1) is 22.9. The highest BCUT2D eigenvalue weighted by Gasteiger charge is 2.31. The molecule has 1 saturated heterocycles. The highest BCUT2D eigenvalue weighted by atomic mass is 127. The van der Waals surface area contributed by atoms with Crippen LogP contribution in [0.2, 0.25) is 5.02 Å². The van der Waals surface area contributed by atoms with Gasteiger partial charge in [0.25, 0.3) is 0 Å². The van der Waals surface area contributed by atoms with Crippen LogP contribution in [0.15, 0.2) is 29.3 Å². The van der Waals surface area contributed by atoms with Crippen molar-refractivity contribution >= 4 is 53.3 Å². The van der Waals surface area contributed by atoms with Crippen molar-refractivity contribution in [2.75, 3.05) is 39.1 Å². The van der Waals surface area contributed by atoms with E-state index in [9.17, 15) is 0 Å². The molecule has 0 atom stereocenters. The molecule has 2 rings (SSSR count). The van der Waals surface area contributed by atoms with Crippen LogP contribution in [0.25, 0.3) is 0 Å². The van der Waals surface area contributed by atoms with E-state index in [1.807, 2.05) is 23.9 Å². The third-order valence-electron chi connectivity index (χ3n) is 4.33. The van der Waals surface area contributed by atoms with Crippen LogP contribution in [0.1, 0.15) is 25.3 Å². The Morgan fingerprint density at radius 1 is 1.24 bits per heavy atom. The molecule has 1 aliphatic heterocycles. The number of thioether (sulfide) groups is 1. The Labute approximate surface area is 177 Å². The highest BCUT2D eigenvalue weighted by molar-refractivity contribution is 14.0. The molecule has 0 amide bonds. The summed E-state index contributed by atoms with van der Waals surface area (Å²) in [6.45, 7) is 6.32. The lowest BCUT2D eigenvalue weighted by Gasteiger charge is -2.34. The van der Waals surface area contributed by atoms with E-state index < -0.39 is 0 Å². The molecule has 0 aromatic heterocycles. The van der Waals surface area contributed by atoms with Crippen LogP contribution >= 0.6 is 47.3 Å². The smallest absolute Gasteiger partial charge is 0.191 e. The Morgan fingerprint density at radius 2 is 1.92 bits per heavy atom. The number of nitrogens with zero attached hydrogens (tertiary/aromatic N) is 1. The van der Waals surface area contributed by atoms with Crippen molar-refractivity contribution in [3.8, 4) is 0 Å². The summed E-state index contributed by atoms with van der Waals surface area (Å²) >= 11 is 7.84. The van der Waals surface area contributed by atoms with Gasteiger partial charge >= 0.3 is 0 Å². The lowest BCUT2D eigenvalue weighted by molar-refractivity contribution is 0.0794. The second-order valence-corrected chi connectivity index (χ2v) is 7.71. The zero-order chi connectivity index (χ0) is 17.3. The van der Waals surface area contributed by atoms with Crippen molar-refractivity contribution in [1.82, 2.24) is 10.6 Å². The number of hydrogen-bond donors (Lipinski definition) is 2. The summed E-state index contributed by atoms with van der Waals surface area (Å²) in [5.41, 5.74) is 1.27. The van der Waals surface area contributed by atoms with Gasteiger partial charge in [-0.3, -0.25) is 4.99 Å². The van der Waals surface area contributed by atoms with Gasteiger partial charge in [-0.25, -0.2) is 0 Å². The van der Waals surface area contributed by atoms with E-state index in [0.717, 1.165) is 63.1 Å². The second kappa shape index (κ2) is 12.3. The fraction of sp³-hybridized carbons (Fsp3) is 0.611. The maximum Gasteiger partial charge on any atom is 0.191 e. The topological polar surface area (TPSA) is 45.7 Å². The normalized spacial score (nSPS) is 16.8. The highest BCUT2D eigenvalue weighted by Crippen LogP contribution is 2.33.